The molecule has 0 aliphatic heterocycles. The summed E-state index contributed by atoms with van der Waals surface area (Å²) in [6.45, 7) is 2.20. The molecule has 2 rings (SSSR count). The van der Waals surface area contributed by atoms with Crippen LogP contribution in [0.1, 0.15) is 29.7 Å². The molecule has 3 heteroatoms. The summed E-state index contributed by atoms with van der Waals surface area (Å²) < 4.78 is 0. The van der Waals surface area contributed by atoms with Gasteiger partial charge in [0, 0.05) is 10.0 Å². The molecule has 0 heterocycles. The van der Waals surface area contributed by atoms with Crippen LogP contribution in [0, 0.1) is 0 Å². The van der Waals surface area contributed by atoms with Gasteiger partial charge < -0.3 is 0 Å². The quantitative estimate of drug-likeness (QED) is 0.631. The number of benzene rings is 2. The standard InChI is InChI=1S/C16H16Cl2S/c1-2-11-19-16(12-3-7-14(17)8-4-12)13-5-9-15(18)10-6-13/h3-10,16H,2,11H2,1H3. The highest BCUT2D eigenvalue weighted by Crippen LogP contribution is 2.36. The van der Waals surface area contributed by atoms with E-state index in [4.69, 9.17) is 23.2 Å². The fraction of sp³-hybridized carbons (Fsp3) is 0.250. The maximum atomic E-state index is 5.96. The molecule has 2 aromatic carbocycles. The van der Waals surface area contributed by atoms with Crippen LogP contribution in [0.3, 0.4) is 0 Å². The van der Waals surface area contributed by atoms with Crippen LogP contribution >= 0.6 is 35.0 Å². The van der Waals surface area contributed by atoms with Crippen molar-refractivity contribution in [1.82, 2.24) is 0 Å². The zero-order valence-electron chi connectivity index (χ0n) is 10.8. The van der Waals surface area contributed by atoms with E-state index in [1.807, 2.05) is 36.0 Å². The molecule has 0 aromatic heterocycles. The fourth-order valence-corrected chi connectivity index (χ4v) is 3.32. The molecular weight excluding hydrogens is 295 g/mol. The van der Waals surface area contributed by atoms with Crippen molar-refractivity contribution in [2.75, 3.05) is 5.75 Å². The number of rotatable bonds is 5. The first-order valence-electron chi connectivity index (χ1n) is 6.33. The van der Waals surface area contributed by atoms with Gasteiger partial charge in [0.2, 0.25) is 0 Å². The zero-order valence-corrected chi connectivity index (χ0v) is 13.1. The molecule has 19 heavy (non-hydrogen) atoms. The molecule has 0 nitrogen and oxygen atoms in total. The molecule has 0 bridgehead atoms. The van der Waals surface area contributed by atoms with Crippen molar-refractivity contribution in [2.24, 2.45) is 0 Å². The van der Waals surface area contributed by atoms with E-state index >= 15 is 0 Å². The van der Waals surface area contributed by atoms with Gasteiger partial charge in [-0.3, -0.25) is 0 Å². The average Bonchev–Trinajstić information content (AvgIpc) is 2.43. The lowest BCUT2D eigenvalue weighted by molar-refractivity contribution is 1.08. The predicted molar refractivity (Wildman–Crippen MR) is 87.5 cm³/mol. The normalized spacial score (nSPS) is 10.9. The highest BCUT2D eigenvalue weighted by molar-refractivity contribution is 7.99. The smallest absolute Gasteiger partial charge is 0.0546 e. The summed E-state index contributed by atoms with van der Waals surface area (Å²) in [5, 5.41) is 1.90. The molecule has 0 saturated heterocycles. The van der Waals surface area contributed by atoms with Crippen LogP contribution in [0.25, 0.3) is 0 Å². The Labute approximate surface area is 129 Å². The number of halogens is 2. The minimum Gasteiger partial charge on any atom is -0.149 e. The van der Waals surface area contributed by atoms with Crippen molar-refractivity contribution in [2.45, 2.75) is 18.6 Å². The van der Waals surface area contributed by atoms with Crippen molar-refractivity contribution in [3.63, 3.8) is 0 Å². The van der Waals surface area contributed by atoms with Crippen LogP contribution in [0.4, 0.5) is 0 Å². The maximum absolute atomic E-state index is 5.96. The van der Waals surface area contributed by atoms with Gasteiger partial charge in [-0.25, -0.2) is 0 Å². The lowest BCUT2D eigenvalue weighted by Gasteiger charge is -2.17. The first-order valence-corrected chi connectivity index (χ1v) is 8.13. The van der Waals surface area contributed by atoms with Crippen molar-refractivity contribution >= 4 is 35.0 Å². The second kappa shape index (κ2) is 7.23. The first kappa shape index (κ1) is 14.8. The van der Waals surface area contributed by atoms with Gasteiger partial charge in [-0.1, -0.05) is 54.4 Å². The molecule has 0 aliphatic rings. The molecule has 0 spiro atoms. The van der Waals surface area contributed by atoms with Gasteiger partial charge in [-0.15, -0.1) is 11.8 Å². The third kappa shape index (κ3) is 4.17. The Morgan fingerprint density at radius 2 is 1.26 bits per heavy atom. The fourth-order valence-electron chi connectivity index (χ4n) is 1.90. The monoisotopic (exact) mass is 310 g/mol. The van der Waals surface area contributed by atoms with Gasteiger partial charge in [-0.2, -0.15) is 0 Å². The summed E-state index contributed by atoms with van der Waals surface area (Å²) in [7, 11) is 0. The Morgan fingerprint density at radius 1 is 0.842 bits per heavy atom. The molecule has 0 aliphatic carbocycles. The third-order valence-corrected chi connectivity index (χ3v) is 4.86. The van der Waals surface area contributed by atoms with Gasteiger partial charge in [0.1, 0.15) is 0 Å². The van der Waals surface area contributed by atoms with Crippen LogP contribution in [0.2, 0.25) is 10.0 Å². The van der Waals surface area contributed by atoms with Gasteiger partial charge in [0.15, 0.2) is 0 Å². The lowest BCUT2D eigenvalue weighted by Crippen LogP contribution is -1.97. The molecule has 100 valence electrons. The zero-order chi connectivity index (χ0) is 13.7. The number of hydrogen-bond acceptors (Lipinski definition) is 1. The van der Waals surface area contributed by atoms with E-state index in [0.29, 0.717) is 5.25 Å². The Hall–Kier alpha value is -0.630. The number of thioether (sulfide) groups is 1. The molecule has 0 amide bonds. The summed E-state index contributed by atoms with van der Waals surface area (Å²) in [4.78, 5) is 0. The van der Waals surface area contributed by atoms with Crippen LogP contribution in [-0.4, -0.2) is 5.75 Å². The third-order valence-electron chi connectivity index (χ3n) is 2.83. The SMILES string of the molecule is CCCSC(c1ccc(Cl)cc1)c1ccc(Cl)cc1. The molecular formula is C16H16Cl2S. The lowest BCUT2D eigenvalue weighted by atomic mass is 10.0. The van der Waals surface area contributed by atoms with E-state index in [2.05, 4.69) is 31.2 Å². The summed E-state index contributed by atoms with van der Waals surface area (Å²) in [5.74, 6) is 1.13. The van der Waals surface area contributed by atoms with E-state index in [9.17, 15) is 0 Å². The molecule has 0 unspecified atom stereocenters. The topological polar surface area (TPSA) is 0 Å². The molecule has 0 saturated carbocycles. The van der Waals surface area contributed by atoms with Gasteiger partial charge in [-0.05, 0) is 47.6 Å². The molecule has 0 N–H and O–H groups in total. The summed E-state index contributed by atoms with van der Waals surface area (Å²) in [5.41, 5.74) is 2.57. The van der Waals surface area contributed by atoms with Gasteiger partial charge in [0.25, 0.3) is 0 Å². The Bertz CT molecular complexity index is 460. The highest BCUT2D eigenvalue weighted by atomic mass is 35.5. The molecule has 0 fully saturated rings. The Balaban J connectivity index is 2.29. The van der Waals surface area contributed by atoms with E-state index in [1.165, 1.54) is 17.5 Å². The van der Waals surface area contributed by atoms with Crippen molar-refractivity contribution in [3.8, 4) is 0 Å². The maximum Gasteiger partial charge on any atom is 0.0546 e. The van der Waals surface area contributed by atoms with Crippen LogP contribution in [0.15, 0.2) is 48.5 Å². The van der Waals surface area contributed by atoms with Crippen molar-refractivity contribution < 1.29 is 0 Å². The highest BCUT2D eigenvalue weighted by Gasteiger charge is 2.14. The second-order valence-corrected chi connectivity index (χ2v) is 6.44. The number of hydrogen-bond donors (Lipinski definition) is 0. The predicted octanol–water partition coefficient (Wildman–Crippen LogP) is 6.23. The molecule has 0 radical (unpaired) electrons. The second-order valence-electron chi connectivity index (χ2n) is 4.35. The van der Waals surface area contributed by atoms with Gasteiger partial charge >= 0.3 is 0 Å². The minimum atomic E-state index is 0.342. The Morgan fingerprint density at radius 3 is 1.63 bits per heavy atom. The van der Waals surface area contributed by atoms with Crippen molar-refractivity contribution in [3.05, 3.63) is 69.7 Å². The summed E-state index contributed by atoms with van der Waals surface area (Å²) in [6, 6.07) is 16.2. The van der Waals surface area contributed by atoms with E-state index in [-0.39, 0.29) is 0 Å². The van der Waals surface area contributed by atoms with Crippen molar-refractivity contribution in [1.29, 1.82) is 0 Å². The van der Waals surface area contributed by atoms with E-state index in [0.717, 1.165) is 15.8 Å². The minimum absolute atomic E-state index is 0.342. The van der Waals surface area contributed by atoms with Crippen LogP contribution < -0.4 is 0 Å². The Kier molecular flexibility index (Phi) is 5.62. The van der Waals surface area contributed by atoms with Crippen LogP contribution in [-0.2, 0) is 0 Å². The van der Waals surface area contributed by atoms with E-state index < -0.39 is 0 Å². The molecule has 0 atom stereocenters. The summed E-state index contributed by atoms with van der Waals surface area (Å²) >= 11 is 13.9. The molecule has 2 aromatic rings. The van der Waals surface area contributed by atoms with Gasteiger partial charge in [0.05, 0.1) is 5.25 Å². The van der Waals surface area contributed by atoms with E-state index in [1.54, 1.807) is 0 Å². The summed E-state index contributed by atoms with van der Waals surface area (Å²) in [6.07, 6.45) is 1.17. The average molecular weight is 311 g/mol. The first-order chi connectivity index (χ1) is 9.20. The largest absolute Gasteiger partial charge is 0.149 e. The van der Waals surface area contributed by atoms with Crippen LogP contribution in [0.5, 0.6) is 0 Å².